The van der Waals surface area contributed by atoms with Crippen LogP contribution in [0.25, 0.3) is 10.9 Å². The van der Waals surface area contributed by atoms with Gasteiger partial charge in [0.15, 0.2) is 0 Å². The number of nitrogens with zero attached hydrogens (tertiary/aromatic N) is 1. The van der Waals surface area contributed by atoms with Crippen molar-refractivity contribution in [1.29, 1.82) is 0 Å². The Morgan fingerprint density at radius 2 is 2.07 bits per heavy atom. The Hall–Kier alpha value is -2.11. The second kappa shape index (κ2) is 9.14. The van der Waals surface area contributed by atoms with Crippen LogP contribution in [0.2, 0.25) is 5.02 Å². The van der Waals surface area contributed by atoms with Gasteiger partial charge < -0.3 is 25.8 Å². The van der Waals surface area contributed by atoms with Crippen LogP contribution in [0.15, 0.2) is 48.9 Å². The Labute approximate surface area is 178 Å². The van der Waals surface area contributed by atoms with Crippen molar-refractivity contribution in [2.24, 2.45) is 0 Å². The van der Waals surface area contributed by atoms with E-state index in [-0.39, 0.29) is 0 Å². The Morgan fingerprint density at radius 1 is 1.17 bits per heavy atom. The molecule has 0 spiro atoms. The van der Waals surface area contributed by atoms with Gasteiger partial charge in [0.1, 0.15) is 0 Å². The molecule has 2 atom stereocenters. The molecule has 2 fully saturated rings. The van der Waals surface area contributed by atoms with Crippen molar-refractivity contribution in [2.45, 2.75) is 50.7 Å². The van der Waals surface area contributed by atoms with Crippen molar-refractivity contribution < 1.29 is 0 Å². The topological polar surface area (TPSA) is 55.1 Å². The number of aromatic nitrogens is 1. The summed E-state index contributed by atoms with van der Waals surface area (Å²) in [4.78, 5) is 5.88. The molecule has 2 aliphatic heterocycles. The first-order valence-electron chi connectivity index (χ1n) is 10.7. The SMILES string of the molecule is C=C(NCc1cc2cc(Cl)ccc2[nH]1)NC1CCCN(C(=C)C2CCCCN2)C1. The summed E-state index contributed by atoms with van der Waals surface area (Å²) in [5.41, 5.74) is 3.47. The molecule has 2 saturated heterocycles. The number of rotatable bonds is 7. The van der Waals surface area contributed by atoms with Crippen LogP contribution in [-0.4, -0.2) is 41.6 Å². The van der Waals surface area contributed by atoms with E-state index in [0.29, 0.717) is 18.6 Å². The fourth-order valence-corrected chi connectivity index (χ4v) is 4.65. The van der Waals surface area contributed by atoms with Gasteiger partial charge in [-0.25, -0.2) is 0 Å². The van der Waals surface area contributed by atoms with Crippen molar-refractivity contribution in [3.8, 4) is 0 Å². The highest BCUT2D eigenvalue weighted by atomic mass is 35.5. The van der Waals surface area contributed by atoms with Crippen molar-refractivity contribution in [3.63, 3.8) is 0 Å². The summed E-state index contributed by atoms with van der Waals surface area (Å²) < 4.78 is 0. The predicted octanol–water partition coefficient (Wildman–Crippen LogP) is 4.09. The largest absolute Gasteiger partial charge is 0.372 e. The molecule has 3 heterocycles. The van der Waals surface area contributed by atoms with Gasteiger partial charge in [0, 0.05) is 52.5 Å². The van der Waals surface area contributed by atoms with Crippen LogP contribution >= 0.6 is 11.6 Å². The molecular formula is C23H32ClN5. The lowest BCUT2D eigenvalue weighted by Crippen LogP contribution is -2.49. The van der Waals surface area contributed by atoms with Gasteiger partial charge in [-0.15, -0.1) is 0 Å². The average Bonchev–Trinajstić information content (AvgIpc) is 3.14. The lowest BCUT2D eigenvalue weighted by atomic mass is 9.99. The summed E-state index contributed by atoms with van der Waals surface area (Å²) in [7, 11) is 0. The van der Waals surface area contributed by atoms with E-state index < -0.39 is 0 Å². The van der Waals surface area contributed by atoms with Gasteiger partial charge in [-0.3, -0.25) is 0 Å². The number of benzene rings is 1. The molecule has 0 radical (unpaired) electrons. The third-order valence-corrected chi connectivity index (χ3v) is 6.28. The lowest BCUT2D eigenvalue weighted by Gasteiger charge is -2.40. The van der Waals surface area contributed by atoms with E-state index in [2.05, 4.69) is 45.1 Å². The zero-order valence-electron chi connectivity index (χ0n) is 17.1. The molecule has 2 aliphatic rings. The van der Waals surface area contributed by atoms with Crippen molar-refractivity contribution >= 4 is 22.5 Å². The third kappa shape index (κ3) is 5.09. The van der Waals surface area contributed by atoms with Gasteiger partial charge in [0.2, 0.25) is 0 Å². The zero-order valence-corrected chi connectivity index (χ0v) is 17.8. The van der Waals surface area contributed by atoms with Crippen molar-refractivity contribution in [1.82, 2.24) is 25.8 Å². The molecule has 29 heavy (non-hydrogen) atoms. The molecule has 0 bridgehead atoms. The predicted molar refractivity (Wildman–Crippen MR) is 122 cm³/mol. The molecule has 0 saturated carbocycles. The molecule has 4 rings (SSSR count). The summed E-state index contributed by atoms with van der Waals surface area (Å²) in [6, 6.07) is 8.87. The first kappa shape index (κ1) is 20.2. The van der Waals surface area contributed by atoms with Crippen LogP contribution in [0.1, 0.15) is 37.8 Å². The van der Waals surface area contributed by atoms with Crippen molar-refractivity contribution in [3.05, 3.63) is 59.7 Å². The first-order valence-corrected chi connectivity index (χ1v) is 11.1. The normalized spacial score (nSPS) is 22.4. The Kier molecular flexibility index (Phi) is 6.36. The van der Waals surface area contributed by atoms with E-state index in [1.807, 2.05) is 18.2 Å². The minimum atomic E-state index is 0.394. The first-order chi connectivity index (χ1) is 14.1. The third-order valence-electron chi connectivity index (χ3n) is 6.05. The second-order valence-corrected chi connectivity index (χ2v) is 8.72. The Morgan fingerprint density at radius 3 is 2.90 bits per heavy atom. The molecule has 4 N–H and O–H groups in total. The number of H-pyrrole nitrogens is 1. The number of halogens is 1. The number of piperidine rings is 2. The standard InChI is InChI=1S/C23H32ClN5/c1-16(22-7-3-4-10-25-22)29-11-5-6-20(15-29)27-17(2)26-14-21-13-18-12-19(24)8-9-23(18)28-21/h8-9,12-13,20,22,25-28H,1-7,10-11,14-15H2. The molecule has 1 aromatic carbocycles. The van der Waals surface area contributed by atoms with Crippen LogP contribution in [0.5, 0.6) is 0 Å². The molecular weight excluding hydrogens is 382 g/mol. The Balaban J connectivity index is 1.26. The van der Waals surface area contributed by atoms with Crippen LogP contribution in [0.4, 0.5) is 0 Å². The van der Waals surface area contributed by atoms with Gasteiger partial charge in [-0.2, -0.15) is 0 Å². The van der Waals surface area contributed by atoms with Gasteiger partial charge in [0.25, 0.3) is 0 Å². The molecule has 0 amide bonds. The van der Waals surface area contributed by atoms with E-state index in [4.69, 9.17) is 11.6 Å². The molecule has 1 aromatic heterocycles. The monoisotopic (exact) mass is 413 g/mol. The van der Waals surface area contributed by atoms with E-state index >= 15 is 0 Å². The number of hydrogen-bond donors (Lipinski definition) is 4. The van der Waals surface area contributed by atoms with Crippen LogP contribution in [0, 0.1) is 0 Å². The maximum absolute atomic E-state index is 6.08. The summed E-state index contributed by atoms with van der Waals surface area (Å²) in [6.07, 6.45) is 6.13. The van der Waals surface area contributed by atoms with Gasteiger partial charge >= 0.3 is 0 Å². The maximum atomic E-state index is 6.08. The fourth-order valence-electron chi connectivity index (χ4n) is 4.47. The molecule has 5 nitrogen and oxygen atoms in total. The molecule has 0 aliphatic carbocycles. The van der Waals surface area contributed by atoms with Crippen LogP contribution in [-0.2, 0) is 6.54 Å². The zero-order chi connectivity index (χ0) is 20.2. The minimum absolute atomic E-state index is 0.394. The van der Waals surface area contributed by atoms with Gasteiger partial charge in [0.05, 0.1) is 12.4 Å². The quantitative estimate of drug-likeness (QED) is 0.552. The van der Waals surface area contributed by atoms with Crippen molar-refractivity contribution in [2.75, 3.05) is 19.6 Å². The fraction of sp³-hybridized carbons (Fsp3) is 0.478. The second-order valence-electron chi connectivity index (χ2n) is 8.28. The molecule has 156 valence electrons. The number of likely N-dealkylation sites (tertiary alicyclic amines) is 1. The highest BCUT2D eigenvalue weighted by Crippen LogP contribution is 2.22. The summed E-state index contributed by atoms with van der Waals surface area (Å²) >= 11 is 6.08. The molecule has 2 aromatic rings. The average molecular weight is 414 g/mol. The van der Waals surface area contributed by atoms with E-state index in [1.54, 1.807) is 0 Å². The number of fused-ring (bicyclic) bond motifs is 1. The number of nitrogens with one attached hydrogen (secondary N) is 4. The molecule has 2 unspecified atom stereocenters. The van der Waals surface area contributed by atoms with Gasteiger partial charge in [-0.05, 0) is 56.5 Å². The highest BCUT2D eigenvalue weighted by Gasteiger charge is 2.25. The van der Waals surface area contributed by atoms with Gasteiger partial charge in [-0.1, -0.05) is 31.2 Å². The minimum Gasteiger partial charge on any atom is -0.372 e. The maximum Gasteiger partial charge on any atom is 0.0918 e. The summed E-state index contributed by atoms with van der Waals surface area (Å²) in [5.74, 6) is 0.870. The lowest BCUT2D eigenvalue weighted by molar-refractivity contribution is 0.217. The van der Waals surface area contributed by atoms with E-state index in [1.165, 1.54) is 31.4 Å². The number of aromatic amines is 1. The Bertz CT molecular complexity index is 867. The van der Waals surface area contributed by atoms with E-state index in [0.717, 1.165) is 53.5 Å². The highest BCUT2D eigenvalue weighted by molar-refractivity contribution is 6.31. The van der Waals surface area contributed by atoms with E-state index in [9.17, 15) is 0 Å². The smallest absolute Gasteiger partial charge is 0.0918 e. The van der Waals surface area contributed by atoms with Crippen LogP contribution in [0.3, 0.4) is 0 Å². The molecule has 6 heteroatoms. The summed E-state index contributed by atoms with van der Waals surface area (Å²) in [5, 5.41) is 12.5. The number of hydrogen-bond acceptors (Lipinski definition) is 4. The van der Waals surface area contributed by atoms with Crippen LogP contribution < -0.4 is 16.0 Å². The summed E-state index contributed by atoms with van der Waals surface area (Å²) in [6.45, 7) is 12.5.